The number of nitrogens with one attached hydrogen (secondary N) is 2. The van der Waals surface area contributed by atoms with Crippen molar-refractivity contribution in [3.63, 3.8) is 0 Å². The van der Waals surface area contributed by atoms with E-state index in [4.69, 9.17) is 0 Å². The van der Waals surface area contributed by atoms with Crippen molar-refractivity contribution in [2.75, 3.05) is 32.1 Å². The summed E-state index contributed by atoms with van der Waals surface area (Å²) in [6, 6.07) is 2.70. The Kier molecular flexibility index (Phi) is 6.06. The van der Waals surface area contributed by atoms with Crippen molar-refractivity contribution in [1.82, 2.24) is 9.71 Å². The molecule has 108 valence electrons. The summed E-state index contributed by atoms with van der Waals surface area (Å²) in [5.41, 5.74) is 0. The standard InChI is InChI=1S/C10H15F2N3O3S/c1-13-10-6-8(2-3-14-10)19(16,17)15-4-5-18-7-9(11)12/h2-3,6,9,15H,4-5,7H2,1H3,(H,13,14). The predicted octanol–water partition coefficient (Wildman–Crippen LogP) is 0.683. The largest absolute Gasteiger partial charge is 0.374 e. The number of halogens is 2. The van der Waals surface area contributed by atoms with Crippen LogP contribution in [0.5, 0.6) is 0 Å². The molecule has 6 nitrogen and oxygen atoms in total. The molecule has 9 heteroatoms. The molecule has 0 bridgehead atoms. The first-order valence-electron chi connectivity index (χ1n) is 5.45. The van der Waals surface area contributed by atoms with Crippen molar-refractivity contribution in [1.29, 1.82) is 0 Å². The minimum absolute atomic E-state index is 0.0423. The molecule has 1 heterocycles. The molecule has 0 unspecified atom stereocenters. The second-order valence-electron chi connectivity index (χ2n) is 3.49. The summed E-state index contributed by atoms with van der Waals surface area (Å²) in [7, 11) is -2.08. The van der Waals surface area contributed by atoms with Gasteiger partial charge in [-0.25, -0.2) is 26.9 Å². The van der Waals surface area contributed by atoms with Gasteiger partial charge in [0.25, 0.3) is 6.43 Å². The van der Waals surface area contributed by atoms with Crippen molar-refractivity contribution in [2.45, 2.75) is 11.3 Å². The third-order valence-electron chi connectivity index (χ3n) is 2.08. The lowest BCUT2D eigenvalue weighted by atomic mass is 10.5. The first kappa shape index (κ1) is 15.7. The van der Waals surface area contributed by atoms with Crippen LogP contribution in [0, 0.1) is 0 Å². The molecule has 1 rings (SSSR count). The van der Waals surface area contributed by atoms with Gasteiger partial charge in [0, 0.05) is 25.9 Å². The molecule has 0 atom stereocenters. The lowest BCUT2D eigenvalue weighted by molar-refractivity contribution is 0.0199. The van der Waals surface area contributed by atoms with E-state index < -0.39 is 23.1 Å². The molecule has 0 radical (unpaired) electrons. The van der Waals surface area contributed by atoms with E-state index in [1.165, 1.54) is 18.3 Å². The Morgan fingerprint density at radius 2 is 2.21 bits per heavy atom. The summed E-state index contributed by atoms with van der Waals surface area (Å²) < 4.78 is 54.0. The highest BCUT2D eigenvalue weighted by molar-refractivity contribution is 7.89. The number of anilines is 1. The van der Waals surface area contributed by atoms with Crippen LogP contribution >= 0.6 is 0 Å². The summed E-state index contributed by atoms with van der Waals surface area (Å²) >= 11 is 0. The number of hydrogen-bond acceptors (Lipinski definition) is 5. The molecular weight excluding hydrogens is 280 g/mol. The molecule has 0 aliphatic carbocycles. The molecule has 0 spiro atoms. The highest BCUT2D eigenvalue weighted by atomic mass is 32.2. The van der Waals surface area contributed by atoms with E-state index in [1.807, 2.05) is 0 Å². The average Bonchev–Trinajstić information content (AvgIpc) is 2.38. The van der Waals surface area contributed by atoms with Gasteiger partial charge in [-0.05, 0) is 6.07 Å². The van der Waals surface area contributed by atoms with Crippen LogP contribution in [-0.2, 0) is 14.8 Å². The second-order valence-corrected chi connectivity index (χ2v) is 5.26. The summed E-state index contributed by atoms with van der Waals surface area (Å²) in [5.74, 6) is 0.414. The summed E-state index contributed by atoms with van der Waals surface area (Å²) in [6.07, 6.45) is -1.21. The van der Waals surface area contributed by atoms with Gasteiger partial charge < -0.3 is 10.1 Å². The number of hydrogen-bond donors (Lipinski definition) is 2. The summed E-state index contributed by atoms with van der Waals surface area (Å²) in [6.45, 7) is -0.902. The van der Waals surface area contributed by atoms with Crippen molar-refractivity contribution in [3.8, 4) is 0 Å². The Morgan fingerprint density at radius 1 is 1.47 bits per heavy atom. The molecule has 0 aliphatic heterocycles. The minimum Gasteiger partial charge on any atom is -0.374 e. The van der Waals surface area contributed by atoms with Gasteiger partial charge >= 0.3 is 0 Å². The maximum Gasteiger partial charge on any atom is 0.261 e. The molecule has 1 aromatic rings. The molecule has 0 aromatic carbocycles. The number of aromatic nitrogens is 1. The van der Waals surface area contributed by atoms with Crippen LogP contribution in [0.2, 0.25) is 0 Å². The van der Waals surface area contributed by atoms with Gasteiger partial charge in [0.2, 0.25) is 10.0 Å². The molecule has 0 aliphatic rings. The highest BCUT2D eigenvalue weighted by Gasteiger charge is 2.14. The van der Waals surface area contributed by atoms with E-state index in [1.54, 1.807) is 7.05 Å². The van der Waals surface area contributed by atoms with Gasteiger partial charge in [0.15, 0.2) is 0 Å². The molecule has 0 amide bonds. The number of nitrogens with zero attached hydrogens (tertiary/aromatic N) is 1. The van der Waals surface area contributed by atoms with E-state index in [9.17, 15) is 17.2 Å². The SMILES string of the molecule is CNc1cc(S(=O)(=O)NCCOCC(F)F)ccn1. The van der Waals surface area contributed by atoms with Gasteiger partial charge in [-0.3, -0.25) is 0 Å². The van der Waals surface area contributed by atoms with Crippen LogP contribution in [0.1, 0.15) is 0 Å². The first-order chi connectivity index (χ1) is 8.95. The lowest BCUT2D eigenvalue weighted by Gasteiger charge is -2.08. The van der Waals surface area contributed by atoms with Crippen molar-refractivity contribution >= 4 is 15.8 Å². The smallest absolute Gasteiger partial charge is 0.261 e. The van der Waals surface area contributed by atoms with Crippen molar-refractivity contribution in [3.05, 3.63) is 18.3 Å². The van der Waals surface area contributed by atoms with Crippen LogP contribution in [-0.4, -0.2) is 46.6 Å². The quantitative estimate of drug-likeness (QED) is 0.690. The second kappa shape index (κ2) is 7.31. The van der Waals surface area contributed by atoms with E-state index in [0.29, 0.717) is 5.82 Å². The highest BCUT2D eigenvalue weighted by Crippen LogP contribution is 2.11. The normalized spacial score (nSPS) is 11.8. The summed E-state index contributed by atoms with van der Waals surface area (Å²) in [5, 5.41) is 2.72. The zero-order chi connectivity index (χ0) is 14.3. The van der Waals surface area contributed by atoms with Gasteiger partial charge in [-0.15, -0.1) is 0 Å². The predicted molar refractivity (Wildman–Crippen MR) is 65.8 cm³/mol. The van der Waals surface area contributed by atoms with Gasteiger partial charge in [0.05, 0.1) is 11.5 Å². The molecule has 0 saturated heterocycles. The van der Waals surface area contributed by atoms with Crippen LogP contribution in [0.3, 0.4) is 0 Å². The molecule has 19 heavy (non-hydrogen) atoms. The van der Waals surface area contributed by atoms with E-state index in [-0.39, 0.29) is 18.0 Å². The van der Waals surface area contributed by atoms with Gasteiger partial charge in [-0.2, -0.15) is 0 Å². The topological polar surface area (TPSA) is 80.3 Å². The van der Waals surface area contributed by atoms with E-state index >= 15 is 0 Å². The van der Waals surface area contributed by atoms with Crippen LogP contribution in [0.4, 0.5) is 14.6 Å². The van der Waals surface area contributed by atoms with Crippen LogP contribution in [0.15, 0.2) is 23.2 Å². The van der Waals surface area contributed by atoms with Crippen molar-refractivity contribution in [2.24, 2.45) is 0 Å². The number of sulfonamides is 1. The molecular formula is C10H15F2N3O3S. The number of ether oxygens (including phenoxy) is 1. The fourth-order valence-corrected chi connectivity index (χ4v) is 2.24. The molecule has 2 N–H and O–H groups in total. The molecule has 0 saturated carbocycles. The number of alkyl halides is 2. The zero-order valence-electron chi connectivity index (χ0n) is 10.3. The zero-order valence-corrected chi connectivity index (χ0v) is 11.1. The average molecular weight is 295 g/mol. The summed E-state index contributed by atoms with van der Waals surface area (Å²) in [4.78, 5) is 3.93. The van der Waals surface area contributed by atoms with Crippen LogP contribution in [0.25, 0.3) is 0 Å². The van der Waals surface area contributed by atoms with Gasteiger partial charge in [0.1, 0.15) is 12.4 Å². The Morgan fingerprint density at radius 3 is 2.84 bits per heavy atom. The van der Waals surface area contributed by atoms with E-state index in [0.717, 1.165) is 0 Å². The Bertz CT molecular complexity index is 497. The third-order valence-corrected chi connectivity index (χ3v) is 3.54. The first-order valence-corrected chi connectivity index (χ1v) is 6.93. The van der Waals surface area contributed by atoms with Crippen molar-refractivity contribution < 1.29 is 21.9 Å². The fraction of sp³-hybridized carbons (Fsp3) is 0.500. The van der Waals surface area contributed by atoms with E-state index in [2.05, 4.69) is 19.8 Å². The fourth-order valence-electron chi connectivity index (χ4n) is 1.22. The number of rotatable bonds is 8. The molecule has 1 aromatic heterocycles. The molecule has 0 fully saturated rings. The maximum atomic E-state index is 11.8. The van der Waals surface area contributed by atoms with Crippen LogP contribution < -0.4 is 10.0 Å². The Hall–Kier alpha value is -1.32. The third kappa shape index (κ3) is 5.45. The lowest BCUT2D eigenvalue weighted by Crippen LogP contribution is -2.28. The van der Waals surface area contributed by atoms with Gasteiger partial charge in [-0.1, -0.05) is 0 Å². The monoisotopic (exact) mass is 295 g/mol. The Labute approximate surface area is 110 Å². The minimum atomic E-state index is -3.69. The maximum absolute atomic E-state index is 11.8. The Balaban J connectivity index is 2.51. The number of pyridine rings is 1.